The summed E-state index contributed by atoms with van der Waals surface area (Å²) in [6.45, 7) is 0.453. The molecule has 0 spiro atoms. The summed E-state index contributed by atoms with van der Waals surface area (Å²) >= 11 is 2.25. The van der Waals surface area contributed by atoms with Crippen molar-refractivity contribution in [2.45, 2.75) is 6.42 Å². The molecule has 0 aliphatic rings. The van der Waals surface area contributed by atoms with E-state index in [-0.39, 0.29) is 6.67 Å². The van der Waals surface area contributed by atoms with Crippen molar-refractivity contribution in [3.8, 4) is 0 Å². The van der Waals surface area contributed by atoms with Crippen LogP contribution in [0.15, 0.2) is 24.3 Å². The summed E-state index contributed by atoms with van der Waals surface area (Å²) in [5.74, 6) is 0. The maximum Gasteiger partial charge on any atom is 0.0911 e. The van der Waals surface area contributed by atoms with E-state index in [1.54, 1.807) is 0 Å². The van der Waals surface area contributed by atoms with Crippen molar-refractivity contribution in [2.24, 2.45) is 0 Å². The first-order valence-corrected chi connectivity index (χ1v) is 4.96. The van der Waals surface area contributed by atoms with Crippen LogP contribution in [0.2, 0.25) is 0 Å². The zero-order valence-electron chi connectivity index (χ0n) is 6.69. The highest BCUT2D eigenvalue weighted by Crippen LogP contribution is 2.10. The number of halogens is 2. The molecule has 1 nitrogen and oxygen atoms in total. The van der Waals surface area contributed by atoms with Gasteiger partial charge in [0.1, 0.15) is 0 Å². The number of hydrogen-bond acceptors (Lipinski definition) is 1. The van der Waals surface area contributed by atoms with Gasteiger partial charge in [-0.1, -0.05) is 0 Å². The number of hydrogen-bond donors (Lipinski definition) is 1. The van der Waals surface area contributed by atoms with Crippen molar-refractivity contribution in [3.05, 3.63) is 27.8 Å². The number of benzene rings is 1. The highest BCUT2D eigenvalue weighted by molar-refractivity contribution is 14.1. The lowest BCUT2D eigenvalue weighted by molar-refractivity contribution is 0.481. The summed E-state index contributed by atoms with van der Waals surface area (Å²) in [5, 5.41) is 3.13. The summed E-state index contributed by atoms with van der Waals surface area (Å²) in [6, 6.07) is 8.05. The topological polar surface area (TPSA) is 12.0 Å². The molecule has 0 fully saturated rings. The Kier molecular flexibility index (Phi) is 4.35. The Hall–Kier alpha value is -0.320. The van der Waals surface area contributed by atoms with Gasteiger partial charge in [0.05, 0.1) is 6.67 Å². The van der Waals surface area contributed by atoms with E-state index in [1.165, 1.54) is 3.57 Å². The SMILES string of the molecule is FCCCNc1ccc(I)cc1. The second-order valence-corrected chi connectivity index (χ2v) is 3.72. The molecule has 0 aromatic heterocycles. The molecule has 0 aliphatic heterocycles. The lowest BCUT2D eigenvalue weighted by Gasteiger charge is -2.03. The van der Waals surface area contributed by atoms with E-state index in [0.717, 1.165) is 5.69 Å². The van der Waals surface area contributed by atoms with Gasteiger partial charge in [-0.05, 0) is 53.3 Å². The van der Waals surface area contributed by atoms with Gasteiger partial charge in [-0.15, -0.1) is 0 Å². The highest BCUT2D eigenvalue weighted by atomic mass is 127. The predicted octanol–water partition coefficient (Wildman–Crippen LogP) is 3.06. The maximum absolute atomic E-state index is 11.7. The van der Waals surface area contributed by atoms with Gasteiger partial charge in [0.2, 0.25) is 0 Å². The van der Waals surface area contributed by atoms with Crippen LogP contribution in [0.5, 0.6) is 0 Å². The number of alkyl halides is 1. The van der Waals surface area contributed by atoms with Crippen LogP contribution in [0.3, 0.4) is 0 Å². The van der Waals surface area contributed by atoms with Crippen molar-refractivity contribution in [1.82, 2.24) is 0 Å². The Morgan fingerprint density at radius 1 is 1.25 bits per heavy atom. The molecule has 3 heteroatoms. The van der Waals surface area contributed by atoms with Gasteiger partial charge < -0.3 is 5.32 Å². The molecule has 12 heavy (non-hydrogen) atoms. The number of anilines is 1. The van der Waals surface area contributed by atoms with Gasteiger partial charge in [0, 0.05) is 15.8 Å². The molecule has 0 aliphatic carbocycles. The van der Waals surface area contributed by atoms with E-state index in [4.69, 9.17) is 0 Å². The molecule has 0 unspecified atom stereocenters. The predicted molar refractivity (Wildman–Crippen MR) is 58.2 cm³/mol. The van der Waals surface area contributed by atoms with Crippen molar-refractivity contribution in [1.29, 1.82) is 0 Å². The standard InChI is InChI=1S/C9H11FIN/c10-6-1-7-12-9-4-2-8(11)3-5-9/h2-5,12H,1,6-7H2. The zero-order chi connectivity index (χ0) is 8.81. The van der Waals surface area contributed by atoms with Crippen LogP contribution in [0.1, 0.15) is 6.42 Å². The van der Waals surface area contributed by atoms with Gasteiger partial charge in [-0.25, -0.2) is 0 Å². The van der Waals surface area contributed by atoms with E-state index in [0.29, 0.717) is 13.0 Å². The van der Waals surface area contributed by atoms with Crippen molar-refractivity contribution in [2.75, 3.05) is 18.5 Å². The fourth-order valence-corrected chi connectivity index (χ4v) is 1.23. The minimum absolute atomic E-state index is 0.253. The average molecular weight is 279 g/mol. The van der Waals surface area contributed by atoms with Gasteiger partial charge >= 0.3 is 0 Å². The molecule has 0 radical (unpaired) electrons. The number of nitrogens with one attached hydrogen (secondary N) is 1. The molecule has 66 valence electrons. The molecule has 1 aromatic rings. The molecule has 0 atom stereocenters. The molecule has 0 heterocycles. The second-order valence-electron chi connectivity index (χ2n) is 2.48. The fraction of sp³-hybridized carbons (Fsp3) is 0.333. The lowest BCUT2D eigenvalue weighted by Crippen LogP contribution is -2.01. The van der Waals surface area contributed by atoms with Crippen molar-refractivity contribution in [3.63, 3.8) is 0 Å². The van der Waals surface area contributed by atoms with Gasteiger partial charge in [-0.3, -0.25) is 4.39 Å². The summed E-state index contributed by atoms with van der Waals surface area (Å²) in [4.78, 5) is 0. The molecule has 1 aromatic carbocycles. The second kappa shape index (κ2) is 5.35. The molecular weight excluding hydrogens is 268 g/mol. The lowest BCUT2D eigenvalue weighted by atomic mass is 10.3. The Morgan fingerprint density at radius 3 is 2.50 bits per heavy atom. The van der Waals surface area contributed by atoms with Crippen LogP contribution in [0, 0.1) is 3.57 Å². The Labute approximate surface area is 85.5 Å². The largest absolute Gasteiger partial charge is 0.385 e. The van der Waals surface area contributed by atoms with Crippen LogP contribution in [0.4, 0.5) is 10.1 Å². The van der Waals surface area contributed by atoms with Gasteiger partial charge in [-0.2, -0.15) is 0 Å². The smallest absolute Gasteiger partial charge is 0.0911 e. The molecular formula is C9H11FIN. The Morgan fingerprint density at radius 2 is 1.92 bits per heavy atom. The van der Waals surface area contributed by atoms with E-state index in [9.17, 15) is 4.39 Å². The minimum Gasteiger partial charge on any atom is -0.385 e. The van der Waals surface area contributed by atoms with Crippen LogP contribution in [-0.2, 0) is 0 Å². The van der Waals surface area contributed by atoms with E-state index in [1.807, 2.05) is 24.3 Å². The first-order valence-electron chi connectivity index (χ1n) is 3.88. The van der Waals surface area contributed by atoms with Gasteiger partial charge in [0.25, 0.3) is 0 Å². The average Bonchev–Trinajstić information content (AvgIpc) is 2.09. The Bertz CT molecular complexity index is 222. The van der Waals surface area contributed by atoms with Crippen LogP contribution < -0.4 is 5.32 Å². The quantitative estimate of drug-likeness (QED) is 0.659. The molecule has 1 rings (SSSR count). The van der Waals surface area contributed by atoms with Gasteiger partial charge in [0.15, 0.2) is 0 Å². The summed E-state index contributed by atoms with van der Waals surface area (Å²) in [6.07, 6.45) is 0.575. The first kappa shape index (κ1) is 9.77. The van der Waals surface area contributed by atoms with E-state index < -0.39 is 0 Å². The molecule has 0 saturated carbocycles. The van der Waals surface area contributed by atoms with E-state index in [2.05, 4.69) is 27.9 Å². The molecule has 0 saturated heterocycles. The summed E-state index contributed by atoms with van der Waals surface area (Å²) < 4.78 is 12.9. The van der Waals surface area contributed by atoms with Crippen LogP contribution in [-0.4, -0.2) is 13.2 Å². The van der Waals surface area contributed by atoms with Crippen LogP contribution >= 0.6 is 22.6 Å². The first-order chi connectivity index (χ1) is 5.83. The van der Waals surface area contributed by atoms with E-state index >= 15 is 0 Å². The van der Waals surface area contributed by atoms with Crippen molar-refractivity contribution < 1.29 is 4.39 Å². The monoisotopic (exact) mass is 279 g/mol. The third-order valence-corrected chi connectivity index (χ3v) is 2.20. The summed E-state index contributed by atoms with van der Waals surface area (Å²) in [7, 11) is 0. The highest BCUT2D eigenvalue weighted by Gasteiger charge is 1.90. The third-order valence-electron chi connectivity index (χ3n) is 1.48. The fourth-order valence-electron chi connectivity index (χ4n) is 0.867. The normalized spacial score (nSPS) is 9.83. The third kappa shape index (κ3) is 3.38. The maximum atomic E-state index is 11.7. The van der Waals surface area contributed by atoms with Crippen LogP contribution in [0.25, 0.3) is 0 Å². The molecule has 1 N–H and O–H groups in total. The minimum atomic E-state index is -0.253. The molecule has 0 bridgehead atoms. The Balaban J connectivity index is 2.37. The number of rotatable bonds is 4. The molecule has 0 amide bonds. The van der Waals surface area contributed by atoms with Crippen molar-refractivity contribution >= 4 is 28.3 Å². The zero-order valence-corrected chi connectivity index (χ0v) is 8.84. The summed E-state index contributed by atoms with van der Waals surface area (Å²) in [5.41, 5.74) is 1.06.